The van der Waals surface area contributed by atoms with Crippen LogP contribution in [0.2, 0.25) is 0 Å². The van der Waals surface area contributed by atoms with E-state index in [-0.39, 0.29) is 0 Å². The van der Waals surface area contributed by atoms with Gasteiger partial charge in [-0.05, 0) is 58.2 Å². The number of nitrogens with one attached hydrogen (secondary N) is 1. The Morgan fingerprint density at radius 3 is 2.32 bits per heavy atom. The Kier molecular flexibility index (Phi) is 7.49. The van der Waals surface area contributed by atoms with Gasteiger partial charge in [-0.15, -0.1) is 12.3 Å². The predicted octanol–water partition coefficient (Wildman–Crippen LogP) is 3.42. The summed E-state index contributed by atoms with van der Waals surface area (Å²) in [7, 11) is 0. The van der Waals surface area contributed by atoms with Crippen molar-refractivity contribution in [2.24, 2.45) is 0 Å². The molecule has 0 aliphatic carbocycles. The molecule has 1 atom stereocenters. The Morgan fingerprint density at radius 2 is 1.84 bits per heavy atom. The number of hydrogen-bond donors (Lipinski definition) is 1. The van der Waals surface area contributed by atoms with Crippen molar-refractivity contribution in [3.8, 4) is 12.3 Å². The minimum absolute atomic E-state index is 0.308. The van der Waals surface area contributed by atoms with Crippen molar-refractivity contribution in [3.63, 3.8) is 0 Å². The zero-order chi connectivity index (χ0) is 14.1. The molecule has 2 heteroatoms. The zero-order valence-electron chi connectivity index (χ0n) is 13.2. The summed E-state index contributed by atoms with van der Waals surface area (Å²) in [6.45, 7) is 10.6. The maximum absolute atomic E-state index is 5.49. The Morgan fingerprint density at radius 1 is 1.21 bits per heavy atom. The Hall–Kier alpha value is -0.520. The molecule has 1 fully saturated rings. The molecular weight excluding hydrogens is 232 g/mol. The van der Waals surface area contributed by atoms with Gasteiger partial charge < -0.3 is 5.32 Å². The monoisotopic (exact) mass is 264 g/mol. The maximum atomic E-state index is 5.49. The molecule has 0 amide bonds. The molecule has 2 nitrogen and oxygen atoms in total. The minimum Gasteiger partial charge on any atom is -0.312 e. The van der Waals surface area contributed by atoms with Crippen molar-refractivity contribution in [2.45, 2.75) is 77.3 Å². The molecule has 0 aromatic heterocycles. The Bertz CT molecular complexity index is 269. The second-order valence-electron chi connectivity index (χ2n) is 5.75. The van der Waals surface area contributed by atoms with Gasteiger partial charge in [0.25, 0.3) is 0 Å². The normalized spacial score (nSPS) is 18.4. The second kappa shape index (κ2) is 8.61. The van der Waals surface area contributed by atoms with Crippen LogP contribution in [0.15, 0.2) is 0 Å². The molecule has 110 valence electrons. The third-order valence-corrected chi connectivity index (χ3v) is 4.83. The third-order valence-electron chi connectivity index (χ3n) is 4.83. The van der Waals surface area contributed by atoms with Crippen molar-refractivity contribution in [1.82, 2.24) is 10.2 Å². The first kappa shape index (κ1) is 16.5. The van der Waals surface area contributed by atoms with Gasteiger partial charge in [0, 0.05) is 18.0 Å². The molecular formula is C17H32N2. The third kappa shape index (κ3) is 3.97. The summed E-state index contributed by atoms with van der Waals surface area (Å²) < 4.78 is 0. The molecule has 1 aliphatic heterocycles. The summed E-state index contributed by atoms with van der Waals surface area (Å²) in [6, 6.07) is 0.539. The van der Waals surface area contributed by atoms with Crippen molar-refractivity contribution < 1.29 is 0 Å². The van der Waals surface area contributed by atoms with Crippen molar-refractivity contribution in [2.75, 3.05) is 19.6 Å². The summed E-state index contributed by atoms with van der Waals surface area (Å²) in [6.07, 6.45) is 13.8. The van der Waals surface area contributed by atoms with E-state index in [2.05, 4.69) is 36.9 Å². The van der Waals surface area contributed by atoms with Gasteiger partial charge in [0.2, 0.25) is 0 Å². The average molecular weight is 264 g/mol. The van der Waals surface area contributed by atoms with E-state index in [1.165, 1.54) is 45.2 Å². The number of likely N-dealkylation sites (tertiary alicyclic amines) is 1. The van der Waals surface area contributed by atoms with Gasteiger partial charge in [0.1, 0.15) is 0 Å². The Balaban J connectivity index is 2.84. The molecule has 1 rings (SSSR count). The first-order valence-corrected chi connectivity index (χ1v) is 8.17. The second-order valence-corrected chi connectivity index (χ2v) is 5.75. The smallest absolute Gasteiger partial charge is 0.0357 e. The largest absolute Gasteiger partial charge is 0.312 e. The molecule has 0 bridgehead atoms. The van der Waals surface area contributed by atoms with Gasteiger partial charge >= 0.3 is 0 Å². The fraction of sp³-hybridized carbons (Fsp3) is 0.882. The van der Waals surface area contributed by atoms with Crippen LogP contribution in [0.3, 0.4) is 0 Å². The Labute approximate surface area is 120 Å². The van der Waals surface area contributed by atoms with E-state index >= 15 is 0 Å². The summed E-state index contributed by atoms with van der Waals surface area (Å²) in [5, 5.41) is 3.79. The average Bonchev–Trinajstić information content (AvgIpc) is 2.97. The zero-order valence-corrected chi connectivity index (χ0v) is 13.2. The van der Waals surface area contributed by atoms with Crippen LogP contribution in [0.5, 0.6) is 0 Å². The highest BCUT2D eigenvalue weighted by Gasteiger charge is 2.41. The lowest BCUT2D eigenvalue weighted by Crippen LogP contribution is -2.60. The van der Waals surface area contributed by atoms with Crippen molar-refractivity contribution >= 4 is 0 Å². The fourth-order valence-corrected chi connectivity index (χ4v) is 3.68. The SMILES string of the molecule is C#CCCC(NCCC)C(CC)(CC)N1CCCC1. The van der Waals surface area contributed by atoms with Gasteiger partial charge in [0.05, 0.1) is 0 Å². The molecule has 0 aromatic rings. The van der Waals surface area contributed by atoms with Crippen LogP contribution < -0.4 is 5.32 Å². The minimum atomic E-state index is 0.308. The van der Waals surface area contributed by atoms with E-state index in [9.17, 15) is 0 Å². The van der Waals surface area contributed by atoms with Gasteiger partial charge in [-0.1, -0.05) is 20.8 Å². The molecule has 0 spiro atoms. The molecule has 1 N–H and O–H groups in total. The van der Waals surface area contributed by atoms with Gasteiger partial charge in [-0.25, -0.2) is 0 Å². The molecule has 0 saturated carbocycles. The molecule has 19 heavy (non-hydrogen) atoms. The summed E-state index contributed by atoms with van der Waals surface area (Å²) in [4.78, 5) is 2.73. The molecule has 1 heterocycles. The molecule has 1 unspecified atom stereocenters. The first-order valence-electron chi connectivity index (χ1n) is 8.17. The van der Waals surface area contributed by atoms with E-state index in [0.717, 1.165) is 19.4 Å². The highest BCUT2D eigenvalue weighted by molar-refractivity contribution is 5.02. The molecule has 0 radical (unpaired) electrons. The van der Waals surface area contributed by atoms with E-state index < -0.39 is 0 Å². The van der Waals surface area contributed by atoms with Crippen molar-refractivity contribution in [1.29, 1.82) is 0 Å². The van der Waals surface area contributed by atoms with E-state index in [4.69, 9.17) is 6.42 Å². The van der Waals surface area contributed by atoms with Crippen molar-refractivity contribution in [3.05, 3.63) is 0 Å². The lowest BCUT2D eigenvalue weighted by molar-refractivity contribution is 0.0592. The van der Waals surface area contributed by atoms with Crippen LogP contribution in [0.25, 0.3) is 0 Å². The number of nitrogens with zero attached hydrogens (tertiary/aromatic N) is 1. The maximum Gasteiger partial charge on any atom is 0.0357 e. The highest BCUT2D eigenvalue weighted by atomic mass is 15.2. The van der Waals surface area contributed by atoms with Gasteiger partial charge in [-0.3, -0.25) is 4.90 Å². The lowest BCUT2D eigenvalue weighted by Gasteiger charge is -2.47. The quantitative estimate of drug-likeness (QED) is 0.642. The van der Waals surface area contributed by atoms with E-state index in [0.29, 0.717) is 11.6 Å². The van der Waals surface area contributed by atoms with E-state index in [1.54, 1.807) is 0 Å². The number of terminal acetylenes is 1. The number of rotatable bonds is 9. The molecule has 1 aliphatic rings. The van der Waals surface area contributed by atoms with Gasteiger partial charge in [0.15, 0.2) is 0 Å². The predicted molar refractivity (Wildman–Crippen MR) is 84.3 cm³/mol. The highest BCUT2D eigenvalue weighted by Crippen LogP contribution is 2.33. The van der Waals surface area contributed by atoms with Crippen LogP contribution in [-0.2, 0) is 0 Å². The van der Waals surface area contributed by atoms with Crippen LogP contribution in [0.4, 0.5) is 0 Å². The summed E-state index contributed by atoms with van der Waals surface area (Å²) >= 11 is 0. The topological polar surface area (TPSA) is 15.3 Å². The number of hydrogen-bond acceptors (Lipinski definition) is 2. The summed E-state index contributed by atoms with van der Waals surface area (Å²) in [5.41, 5.74) is 0.308. The molecule has 1 saturated heterocycles. The lowest BCUT2D eigenvalue weighted by atomic mass is 9.80. The fourth-order valence-electron chi connectivity index (χ4n) is 3.68. The van der Waals surface area contributed by atoms with Crippen LogP contribution in [-0.4, -0.2) is 36.1 Å². The van der Waals surface area contributed by atoms with E-state index in [1.807, 2.05) is 0 Å². The molecule has 0 aromatic carbocycles. The summed E-state index contributed by atoms with van der Waals surface area (Å²) in [5.74, 6) is 2.83. The van der Waals surface area contributed by atoms with Gasteiger partial charge in [-0.2, -0.15) is 0 Å². The van der Waals surface area contributed by atoms with Crippen LogP contribution in [0, 0.1) is 12.3 Å². The van der Waals surface area contributed by atoms with Crippen LogP contribution in [0.1, 0.15) is 65.7 Å². The standard InChI is InChI=1S/C17H32N2/c1-5-9-12-16(18-13-6-2)17(7-3,8-4)19-14-10-11-15-19/h1,16,18H,6-15H2,2-4H3. The first-order chi connectivity index (χ1) is 9.25. The van der Waals surface area contributed by atoms with Crippen LogP contribution >= 0.6 is 0 Å².